The molecular formula is C24H42FN4O2+. The summed E-state index contributed by atoms with van der Waals surface area (Å²) in [5, 5.41) is 10.5. The zero-order chi connectivity index (χ0) is 22.4. The Morgan fingerprint density at radius 3 is 2.58 bits per heavy atom. The van der Waals surface area contributed by atoms with Gasteiger partial charge in [0.25, 0.3) is 5.84 Å². The standard InChI is InChI=1S/C24H41FN4O2/c1-15(28-27-3)29(26)13-22(30)21-7-6-20-19-5-4-16-12-24(31,14-25)11-9-17(16)18(19)8-10-23(20,21)2/h16-21,27,31H,4-14,26H2,1-3H3/p+1. The third kappa shape index (κ3) is 4.01. The van der Waals surface area contributed by atoms with Crippen LogP contribution in [0.5, 0.6) is 0 Å². The van der Waals surface area contributed by atoms with Crippen molar-refractivity contribution >= 4 is 11.6 Å². The van der Waals surface area contributed by atoms with Gasteiger partial charge in [-0.15, -0.1) is 0 Å². The highest BCUT2D eigenvalue weighted by Crippen LogP contribution is 2.64. The van der Waals surface area contributed by atoms with Gasteiger partial charge in [0.2, 0.25) is 0 Å². The van der Waals surface area contributed by atoms with Crippen LogP contribution in [0.4, 0.5) is 4.39 Å². The summed E-state index contributed by atoms with van der Waals surface area (Å²) in [6.07, 6.45) is 8.91. The average molecular weight is 438 g/mol. The van der Waals surface area contributed by atoms with Gasteiger partial charge in [0, 0.05) is 19.9 Å². The van der Waals surface area contributed by atoms with Gasteiger partial charge in [0.1, 0.15) is 6.67 Å². The van der Waals surface area contributed by atoms with Crippen LogP contribution >= 0.6 is 0 Å². The average Bonchev–Trinajstić information content (AvgIpc) is 3.10. The van der Waals surface area contributed by atoms with Gasteiger partial charge in [-0.05, 0) is 92.8 Å². The van der Waals surface area contributed by atoms with Crippen LogP contribution in [-0.2, 0) is 4.79 Å². The van der Waals surface area contributed by atoms with Gasteiger partial charge in [-0.25, -0.2) is 4.39 Å². The molecule has 4 fully saturated rings. The third-order valence-electron chi connectivity index (χ3n) is 9.80. The molecule has 0 aliphatic heterocycles. The van der Waals surface area contributed by atoms with Crippen molar-refractivity contribution in [1.29, 1.82) is 0 Å². The Morgan fingerprint density at radius 2 is 1.87 bits per heavy atom. The maximum atomic E-state index is 13.4. The summed E-state index contributed by atoms with van der Waals surface area (Å²) in [5.41, 5.74) is 4.80. The van der Waals surface area contributed by atoms with E-state index in [2.05, 4.69) is 17.8 Å². The van der Waals surface area contributed by atoms with E-state index in [0.717, 1.165) is 37.9 Å². The molecule has 0 amide bonds. The van der Waals surface area contributed by atoms with Crippen LogP contribution in [0.15, 0.2) is 0 Å². The molecule has 4 aliphatic carbocycles. The number of nitrogens with one attached hydrogen (secondary N) is 2. The Bertz CT molecular complexity index is 730. The largest absolute Gasteiger partial charge is 0.387 e. The molecule has 31 heavy (non-hydrogen) atoms. The molecule has 0 heterocycles. The number of halogens is 1. The molecule has 0 radical (unpaired) electrons. The number of carbonyl (C=O) groups excluding carboxylic acids is 1. The van der Waals surface area contributed by atoms with E-state index in [0.29, 0.717) is 42.4 Å². The quantitative estimate of drug-likeness (QED) is 0.174. The summed E-state index contributed by atoms with van der Waals surface area (Å²) in [6.45, 7) is 3.87. The second-order valence-corrected chi connectivity index (χ2v) is 11.3. The molecular weight excluding hydrogens is 395 g/mol. The van der Waals surface area contributed by atoms with Crippen LogP contribution in [0.1, 0.15) is 71.6 Å². The third-order valence-corrected chi connectivity index (χ3v) is 9.80. The van der Waals surface area contributed by atoms with Gasteiger partial charge < -0.3 is 5.11 Å². The molecule has 0 aromatic rings. The molecule has 0 spiro atoms. The fourth-order valence-electron chi connectivity index (χ4n) is 8.26. The molecule has 6 nitrogen and oxygen atoms in total. The predicted octanol–water partition coefficient (Wildman–Crippen LogP) is 2.55. The molecule has 8 unspecified atom stereocenters. The zero-order valence-corrected chi connectivity index (χ0v) is 19.5. The highest BCUT2D eigenvalue weighted by atomic mass is 19.1. The summed E-state index contributed by atoms with van der Waals surface area (Å²) in [6, 6.07) is 0. The molecule has 4 saturated carbocycles. The fraction of sp³-hybridized carbons (Fsp3) is 0.917. The van der Waals surface area contributed by atoms with E-state index < -0.39 is 12.3 Å². The molecule has 0 aromatic carbocycles. The minimum atomic E-state index is -1.08. The van der Waals surface area contributed by atoms with Crippen molar-refractivity contribution in [2.75, 3.05) is 20.3 Å². The number of rotatable bonds is 5. The highest BCUT2D eigenvalue weighted by molar-refractivity contribution is 5.84. The molecule has 0 saturated heterocycles. The second-order valence-electron chi connectivity index (χ2n) is 11.3. The number of aliphatic hydroxyl groups is 1. The minimum Gasteiger partial charge on any atom is -0.387 e. The number of hydrogen-bond acceptors (Lipinski definition) is 4. The maximum Gasteiger partial charge on any atom is 0.283 e. The van der Waals surface area contributed by atoms with E-state index in [-0.39, 0.29) is 23.7 Å². The summed E-state index contributed by atoms with van der Waals surface area (Å²) in [4.78, 5) is 13.3. The number of alkyl halides is 1. The van der Waals surface area contributed by atoms with E-state index >= 15 is 0 Å². The number of carbonyl (C=O) groups is 1. The number of amidine groups is 1. The van der Waals surface area contributed by atoms with Crippen LogP contribution in [0.2, 0.25) is 0 Å². The number of hydrazone groups is 1. The molecule has 4 aliphatic rings. The van der Waals surface area contributed by atoms with Gasteiger partial charge in [-0.3, -0.25) is 10.6 Å². The Balaban J connectivity index is 1.46. The van der Waals surface area contributed by atoms with Crippen molar-refractivity contribution < 1.29 is 19.0 Å². The van der Waals surface area contributed by atoms with Crippen LogP contribution in [0, 0.1) is 40.9 Å². The maximum absolute atomic E-state index is 13.4. The lowest BCUT2D eigenvalue weighted by Crippen LogP contribution is -2.52. The predicted molar refractivity (Wildman–Crippen MR) is 119 cm³/mol. The van der Waals surface area contributed by atoms with Gasteiger partial charge >= 0.3 is 0 Å². The Kier molecular flexibility index (Phi) is 6.39. The van der Waals surface area contributed by atoms with Crippen molar-refractivity contribution in [3.63, 3.8) is 0 Å². The molecule has 0 bridgehead atoms. The Hall–Kier alpha value is -1.21. The molecule has 8 atom stereocenters. The lowest BCUT2D eigenvalue weighted by molar-refractivity contribution is -0.531. The van der Waals surface area contributed by atoms with Crippen molar-refractivity contribution in [1.82, 2.24) is 10.9 Å². The first-order valence-corrected chi connectivity index (χ1v) is 12.3. The summed E-state index contributed by atoms with van der Waals surface area (Å²) in [7, 11) is 1.78. The van der Waals surface area contributed by atoms with Crippen LogP contribution in [-0.4, -0.2) is 47.3 Å². The SMILES string of the molecule is CNNC(C)=[N+](N)CC(=O)C1CCC2C3CCC4CC(O)(CF)CCC4C3CCC12C. The van der Waals surface area contributed by atoms with E-state index in [1.807, 2.05) is 6.92 Å². The summed E-state index contributed by atoms with van der Waals surface area (Å²) in [5.74, 6) is 10.3. The number of nitrogens with two attached hydrogens (primary N) is 1. The number of hydrazine groups is 2. The number of nitrogens with zero attached hydrogens (tertiary/aromatic N) is 1. The van der Waals surface area contributed by atoms with Gasteiger partial charge in [-0.1, -0.05) is 6.92 Å². The summed E-state index contributed by atoms with van der Waals surface area (Å²) < 4.78 is 14.9. The first-order valence-electron chi connectivity index (χ1n) is 12.3. The van der Waals surface area contributed by atoms with E-state index in [4.69, 9.17) is 5.84 Å². The fourth-order valence-corrected chi connectivity index (χ4v) is 8.26. The molecule has 4 rings (SSSR count). The highest BCUT2D eigenvalue weighted by Gasteiger charge is 2.59. The van der Waals surface area contributed by atoms with Gasteiger partial charge in [-0.2, -0.15) is 15.5 Å². The van der Waals surface area contributed by atoms with Gasteiger partial charge in [0.05, 0.1) is 5.60 Å². The molecule has 0 aromatic heterocycles. The van der Waals surface area contributed by atoms with Crippen LogP contribution < -0.4 is 16.7 Å². The molecule has 5 N–H and O–H groups in total. The molecule has 176 valence electrons. The van der Waals surface area contributed by atoms with Crippen LogP contribution in [0.3, 0.4) is 0 Å². The first kappa shape index (κ1) is 23.0. The number of Topliss-reactive ketones (excluding diaryl/α,β-unsaturated/α-hetero) is 1. The number of ketones is 1. The summed E-state index contributed by atoms with van der Waals surface area (Å²) >= 11 is 0. The van der Waals surface area contributed by atoms with Crippen molar-refractivity contribution in [3.8, 4) is 0 Å². The first-order chi connectivity index (χ1) is 14.7. The van der Waals surface area contributed by atoms with Crippen molar-refractivity contribution in [2.45, 2.75) is 77.2 Å². The lowest BCUT2D eigenvalue weighted by Gasteiger charge is -2.56. The monoisotopic (exact) mass is 437 g/mol. The lowest BCUT2D eigenvalue weighted by atomic mass is 9.49. The van der Waals surface area contributed by atoms with Crippen molar-refractivity contribution in [2.24, 2.45) is 46.8 Å². The minimum absolute atomic E-state index is 0.0740. The van der Waals surface area contributed by atoms with Gasteiger partial charge in [0.15, 0.2) is 12.3 Å². The van der Waals surface area contributed by atoms with Crippen molar-refractivity contribution in [3.05, 3.63) is 0 Å². The second kappa shape index (κ2) is 8.62. The molecule has 7 heteroatoms. The van der Waals surface area contributed by atoms with E-state index in [1.165, 1.54) is 17.5 Å². The smallest absolute Gasteiger partial charge is 0.283 e. The van der Waals surface area contributed by atoms with E-state index in [9.17, 15) is 14.3 Å². The van der Waals surface area contributed by atoms with Crippen LogP contribution in [0.25, 0.3) is 0 Å². The zero-order valence-electron chi connectivity index (χ0n) is 19.5. The topological polar surface area (TPSA) is 90.4 Å². The Labute approximate surface area is 186 Å². The Morgan fingerprint density at radius 1 is 1.13 bits per heavy atom. The number of hydrogen-bond donors (Lipinski definition) is 4. The van der Waals surface area contributed by atoms with E-state index in [1.54, 1.807) is 7.05 Å². The normalized spacial score (nSPS) is 45.2. The number of fused-ring (bicyclic) bond motifs is 5.